The van der Waals surface area contributed by atoms with Crippen LogP contribution < -0.4 is 0 Å². The van der Waals surface area contributed by atoms with Crippen LogP contribution in [0.15, 0.2) is 60.7 Å². The van der Waals surface area contributed by atoms with Gasteiger partial charge in [0.2, 0.25) is 0 Å². The van der Waals surface area contributed by atoms with Crippen molar-refractivity contribution in [2.45, 2.75) is 58.5 Å². The Kier molecular flexibility index (Phi) is 25.6. The van der Waals surface area contributed by atoms with Crippen LogP contribution in [0.3, 0.4) is 0 Å². The number of hydrogen-bond acceptors (Lipinski definition) is 15. The van der Waals surface area contributed by atoms with Crippen LogP contribution in [0, 0.1) is 29.6 Å². The van der Waals surface area contributed by atoms with Crippen molar-refractivity contribution in [2.75, 3.05) is 48.4 Å². The van der Waals surface area contributed by atoms with Gasteiger partial charge in [0, 0.05) is 28.4 Å². The molecule has 2 heterocycles. The lowest BCUT2D eigenvalue weighted by molar-refractivity contribution is -0.171. The number of rotatable bonds is 16. The summed E-state index contributed by atoms with van der Waals surface area (Å²) in [5, 5.41) is 21.0. The molecule has 15 heteroatoms. The Balaban J connectivity index is 0.00000103. The number of aliphatic hydroxyl groups is 3. The monoisotopic (exact) mass is 764 g/mol. The Morgan fingerprint density at radius 1 is 0.722 bits per heavy atom. The second-order valence-electron chi connectivity index (χ2n) is 11.7. The minimum atomic E-state index is -1.23. The Morgan fingerprint density at radius 3 is 1.59 bits per heavy atom. The fourth-order valence-electron chi connectivity index (χ4n) is 6.34. The number of carbonyl (C=O) groups excluding carboxylic acids is 6. The smallest absolute Gasteiger partial charge is 0.321 e. The van der Waals surface area contributed by atoms with E-state index in [1.807, 2.05) is 74.5 Å². The lowest BCUT2D eigenvalue weighted by atomic mass is 9.73. The largest absolute Gasteiger partial charge is 0.463 e. The van der Waals surface area contributed by atoms with E-state index in [4.69, 9.17) is 43.7 Å². The average Bonchev–Trinajstić information content (AvgIpc) is 3.64. The van der Waals surface area contributed by atoms with Gasteiger partial charge in [-0.3, -0.25) is 28.8 Å². The summed E-state index contributed by atoms with van der Waals surface area (Å²) in [6.07, 6.45) is 0.125. The topological polar surface area (TPSA) is 218 Å². The first-order valence-electron chi connectivity index (χ1n) is 17.4. The predicted octanol–water partition coefficient (Wildman–Crippen LogP) is 3.18. The maximum atomic E-state index is 12.6. The molecule has 15 nitrogen and oxygen atoms in total. The van der Waals surface area contributed by atoms with Gasteiger partial charge in [-0.15, -0.1) is 0 Å². The molecule has 2 saturated heterocycles. The van der Waals surface area contributed by atoms with Crippen LogP contribution in [0.25, 0.3) is 0 Å². The highest BCUT2D eigenvalue weighted by molar-refractivity contribution is 5.98. The quantitative estimate of drug-likeness (QED) is 0.0558. The predicted molar refractivity (Wildman–Crippen MR) is 194 cm³/mol. The molecule has 302 valence electrons. The van der Waals surface area contributed by atoms with Gasteiger partial charge in [-0.2, -0.15) is 0 Å². The molecule has 2 fully saturated rings. The molecule has 0 saturated carbocycles. The highest BCUT2D eigenvalue weighted by Gasteiger charge is 2.55. The highest BCUT2D eigenvalue weighted by Crippen LogP contribution is 2.42. The van der Waals surface area contributed by atoms with Crippen LogP contribution in [0.2, 0.25) is 0 Å². The summed E-state index contributed by atoms with van der Waals surface area (Å²) < 4.78 is 29.8. The maximum Gasteiger partial charge on any atom is 0.321 e. The summed E-state index contributed by atoms with van der Waals surface area (Å²) in [5.74, 6) is -7.08. The Morgan fingerprint density at radius 2 is 1.17 bits per heavy atom. The molecule has 3 N–H and O–H groups in total. The lowest BCUT2D eigenvalue weighted by Gasteiger charge is -2.30. The number of benzene rings is 2. The van der Waals surface area contributed by atoms with Gasteiger partial charge in [0.1, 0.15) is 12.0 Å². The summed E-state index contributed by atoms with van der Waals surface area (Å²) in [4.78, 5) is 72.0. The summed E-state index contributed by atoms with van der Waals surface area (Å²) in [6.45, 7) is 7.54. The zero-order chi connectivity index (χ0) is 41.2. The fraction of sp³-hybridized carbons (Fsp3) is 0.538. The molecule has 0 aromatic heterocycles. The molecule has 0 aliphatic carbocycles. The summed E-state index contributed by atoms with van der Waals surface area (Å²) in [7, 11) is 4.51. The summed E-state index contributed by atoms with van der Waals surface area (Å²) in [6, 6.07) is 19.0. The molecule has 54 heavy (non-hydrogen) atoms. The number of ether oxygens (including phenoxy) is 6. The van der Waals surface area contributed by atoms with Crippen molar-refractivity contribution in [3.8, 4) is 0 Å². The van der Waals surface area contributed by atoms with Crippen molar-refractivity contribution in [3.05, 3.63) is 71.8 Å². The molecule has 0 radical (unpaired) electrons. The van der Waals surface area contributed by atoms with Crippen molar-refractivity contribution in [3.63, 3.8) is 0 Å². The van der Waals surface area contributed by atoms with Gasteiger partial charge in [0.25, 0.3) is 6.47 Å². The average molecular weight is 765 g/mol. The van der Waals surface area contributed by atoms with Gasteiger partial charge in [-0.05, 0) is 42.7 Å². The minimum absolute atomic E-state index is 0.0603. The molecule has 4 rings (SSSR count). The van der Waals surface area contributed by atoms with Crippen LogP contribution in [0.4, 0.5) is 0 Å². The third-order valence-corrected chi connectivity index (χ3v) is 8.87. The van der Waals surface area contributed by atoms with Gasteiger partial charge >= 0.3 is 29.8 Å². The Labute approximate surface area is 316 Å². The third-order valence-electron chi connectivity index (χ3n) is 8.87. The van der Waals surface area contributed by atoms with Gasteiger partial charge in [-0.25, -0.2) is 0 Å². The molecule has 0 spiro atoms. The van der Waals surface area contributed by atoms with E-state index in [1.54, 1.807) is 6.92 Å². The van der Waals surface area contributed by atoms with Crippen molar-refractivity contribution in [1.29, 1.82) is 0 Å². The number of carbonyl (C=O) groups is 6. The fourth-order valence-corrected chi connectivity index (χ4v) is 6.34. The first kappa shape index (κ1) is 49.5. The SMILES string of the molecule is CCC(c1ccccc1)C1C(=O)OC(=O)C1C.CCC(c1ccccc1)C1C(=O)OC(=O)C1C(OC=O)C(C)C(=O)OCOCCOC.CO.CO.CO. The van der Waals surface area contributed by atoms with E-state index in [9.17, 15) is 28.8 Å². The van der Waals surface area contributed by atoms with Crippen molar-refractivity contribution in [1.82, 2.24) is 0 Å². The molecular formula is C39H56O15. The first-order valence-corrected chi connectivity index (χ1v) is 17.4. The first-order chi connectivity index (χ1) is 26.1. The number of aliphatic hydroxyl groups excluding tert-OH is 3. The summed E-state index contributed by atoms with van der Waals surface area (Å²) in [5.41, 5.74) is 1.94. The molecule has 8 unspecified atom stereocenters. The number of methoxy groups -OCH3 is 1. The van der Waals surface area contributed by atoms with E-state index < -0.39 is 47.7 Å². The zero-order valence-electron chi connectivity index (χ0n) is 32.2. The number of cyclic esters (lactones) is 4. The zero-order valence-corrected chi connectivity index (χ0v) is 32.2. The van der Waals surface area contributed by atoms with Crippen LogP contribution in [0.5, 0.6) is 0 Å². The van der Waals surface area contributed by atoms with E-state index in [1.165, 1.54) is 14.0 Å². The van der Waals surface area contributed by atoms with Gasteiger partial charge in [0.15, 0.2) is 6.79 Å². The lowest BCUT2D eigenvalue weighted by Crippen LogP contribution is -2.42. The normalized spacial score (nSPS) is 20.6. The van der Waals surface area contributed by atoms with Crippen LogP contribution >= 0.6 is 0 Å². The molecule has 0 bridgehead atoms. The Hall–Kier alpha value is -4.54. The molecule has 8 atom stereocenters. The van der Waals surface area contributed by atoms with E-state index in [-0.39, 0.29) is 49.5 Å². The molecular weight excluding hydrogens is 708 g/mol. The van der Waals surface area contributed by atoms with Crippen LogP contribution in [0.1, 0.15) is 63.5 Å². The highest BCUT2D eigenvalue weighted by atomic mass is 16.7. The van der Waals surface area contributed by atoms with Gasteiger partial charge < -0.3 is 43.7 Å². The molecule has 2 aliphatic heterocycles. The second-order valence-corrected chi connectivity index (χ2v) is 11.7. The van der Waals surface area contributed by atoms with Gasteiger partial charge in [0.05, 0.1) is 36.9 Å². The van der Waals surface area contributed by atoms with Crippen molar-refractivity contribution in [2.24, 2.45) is 29.6 Å². The second kappa shape index (κ2) is 28.0. The van der Waals surface area contributed by atoms with Crippen molar-refractivity contribution < 1.29 is 72.5 Å². The molecule has 2 aliphatic rings. The van der Waals surface area contributed by atoms with E-state index >= 15 is 0 Å². The standard InChI is InChI=1S/C22H28O9.C14H16O3.3CH4O/c1-4-16(15-8-6-5-7-9-15)17-18(22(26)31-21(17)25)19(29-12-23)14(2)20(24)30-13-28-11-10-27-3;1-3-11(10-7-5-4-6-8-10)12-9(2)13(15)17-14(12)16;3*1-2/h5-9,12,14,16-19H,4,10-11,13H2,1-3H3;4-9,11-12H,3H2,1-2H3;3*2H,1H3. The molecule has 2 aromatic carbocycles. The van der Waals surface area contributed by atoms with E-state index in [0.717, 1.165) is 38.9 Å². The number of esters is 5. The van der Waals surface area contributed by atoms with E-state index in [2.05, 4.69) is 0 Å². The van der Waals surface area contributed by atoms with Crippen LogP contribution in [-0.4, -0.2) is 106 Å². The van der Waals surface area contributed by atoms with E-state index in [0.29, 0.717) is 13.0 Å². The molecule has 0 amide bonds. The van der Waals surface area contributed by atoms with Gasteiger partial charge in [-0.1, -0.05) is 81.4 Å². The van der Waals surface area contributed by atoms with Crippen molar-refractivity contribution >= 4 is 36.3 Å². The Bertz CT molecular complexity index is 1380. The maximum absolute atomic E-state index is 12.6. The van der Waals surface area contributed by atoms with Crippen LogP contribution in [-0.2, 0) is 57.2 Å². The number of hydrogen-bond donors (Lipinski definition) is 3. The third kappa shape index (κ3) is 14.0. The molecule has 2 aromatic rings. The minimum Gasteiger partial charge on any atom is -0.463 e. The summed E-state index contributed by atoms with van der Waals surface area (Å²) >= 11 is 0.